The van der Waals surface area contributed by atoms with Gasteiger partial charge in [-0.2, -0.15) is 0 Å². The van der Waals surface area contributed by atoms with Crippen molar-refractivity contribution in [2.45, 2.75) is 38.6 Å². The number of carboxylic acids is 1. The Morgan fingerprint density at radius 3 is 2.23 bits per heavy atom. The zero-order valence-electron chi connectivity index (χ0n) is 13.2. The first kappa shape index (κ1) is 17.8. The van der Waals surface area contributed by atoms with Crippen LogP contribution in [-0.4, -0.2) is 37.2 Å². The van der Waals surface area contributed by atoms with E-state index >= 15 is 0 Å². The van der Waals surface area contributed by atoms with Crippen LogP contribution in [0, 0.1) is 0 Å². The molecular formula is C16H23NO5. The second kappa shape index (κ2) is 8.92. The van der Waals surface area contributed by atoms with Gasteiger partial charge in [-0.1, -0.05) is 0 Å². The summed E-state index contributed by atoms with van der Waals surface area (Å²) in [5.41, 5.74) is 0.949. The molecule has 0 bridgehead atoms. The van der Waals surface area contributed by atoms with Crippen molar-refractivity contribution >= 4 is 11.9 Å². The molecule has 0 saturated carbocycles. The Bertz CT molecular complexity index is 493. The number of ether oxygens (including phenoxy) is 2. The smallest absolute Gasteiger partial charge is 0.303 e. The van der Waals surface area contributed by atoms with Gasteiger partial charge in [0.25, 0.3) is 0 Å². The van der Waals surface area contributed by atoms with Crippen molar-refractivity contribution in [2.24, 2.45) is 0 Å². The van der Waals surface area contributed by atoms with Crippen molar-refractivity contribution < 1.29 is 24.2 Å². The van der Waals surface area contributed by atoms with E-state index in [2.05, 4.69) is 5.32 Å². The Labute approximate surface area is 130 Å². The van der Waals surface area contributed by atoms with E-state index in [0.29, 0.717) is 30.8 Å². The molecule has 0 fully saturated rings. The van der Waals surface area contributed by atoms with E-state index in [0.717, 1.165) is 5.56 Å². The number of rotatable bonds is 9. The third-order valence-corrected chi connectivity index (χ3v) is 3.25. The second-order valence-electron chi connectivity index (χ2n) is 5.12. The van der Waals surface area contributed by atoms with Crippen LogP contribution >= 0.6 is 0 Å². The predicted molar refractivity (Wildman–Crippen MR) is 82.3 cm³/mol. The lowest BCUT2D eigenvalue weighted by Gasteiger charge is -2.13. The SMILES string of the molecule is COc1cc(CCC(=O)NC(C)CCC(=O)O)cc(OC)c1. The first-order valence-electron chi connectivity index (χ1n) is 7.17. The molecule has 0 radical (unpaired) electrons. The van der Waals surface area contributed by atoms with Crippen molar-refractivity contribution in [3.8, 4) is 11.5 Å². The molecule has 1 aromatic carbocycles. The summed E-state index contributed by atoms with van der Waals surface area (Å²) in [5, 5.41) is 11.4. The van der Waals surface area contributed by atoms with Crippen LogP contribution in [0.15, 0.2) is 18.2 Å². The van der Waals surface area contributed by atoms with Gasteiger partial charge in [0.05, 0.1) is 14.2 Å². The lowest BCUT2D eigenvalue weighted by molar-refractivity contribution is -0.137. The van der Waals surface area contributed by atoms with Crippen LogP contribution in [-0.2, 0) is 16.0 Å². The third-order valence-electron chi connectivity index (χ3n) is 3.25. The van der Waals surface area contributed by atoms with E-state index in [1.807, 2.05) is 12.1 Å². The summed E-state index contributed by atoms with van der Waals surface area (Å²) in [6.07, 6.45) is 1.36. The molecule has 1 amide bonds. The molecule has 0 aliphatic carbocycles. The summed E-state index contributed by atoms with van der Waals surface area (Å²) in [5.74, 6) is 0.415. The number of carbonyl (C=O) groups is 2. The van der Waals surface area contributed by atoms with Crippen LogP contribution in [0.25, 0.3) is 0 Å². The highest BCUT2D eigenvalue weighted by Gasteiger charge is 2.10. The molecule has 2 N–H and O–H groups in total. The number of carboxylic acid groups (broad SMARTS) is 1. The lowest BCUT2D eigenvalue weighted by atomic mass is 10.1. The Kier molecular flexibility index (Phi) is 7.22. The topological polar surface area (TPSA) is 84.9 Å². The number of methoxy groups -OCH3 is 2. The van der Waals surface area contributed by atoms with Crippen LogP contribution in [0.4, 0.5) is 0 Å². The Morgan fingerprint density at radius 2 is 1.73 bits per heavy atom. The van der Waals surface area contributed by atoms with Gasteiger partial charge in [-0.25, -0.2) is 0 Å². The molecule has 1 unspecified atom stereocenters. The molecule has 6 nitrogen and oxygen atoms in total. The average molecular weight is 309 g/mol. The van der Waals surface area contributed by atoms with Gasteiger partial charge in [0.15, 0.2) is 0 Å². The monoisotopic (exact) mass is 309 g/mol. The molecule has 22 heavy (non-hydrogen) atoms. The quantitative estimate of drug-likeness (QED) is 0.729. The molecule has 0 saturated heterocycles. The van der Waals surface area contributed by atoms with E-state index in [-0.39, 0.29) is 18.4 Å². The summed E-state index contributed by atoms with van der Waals surface area (Å²) in [6, 6.07) is 5.36. The van der Waals surface area contributed by atoms with Gasteiger partial charge in [-0.3, -0.25) is 9.59 Å². The zero-order chi connectivity index (χ0) is 16.5. The average Bonchev–Trinajstić information content (AvgIpc) is 2.50. The first-order valence-corrected chi connectivity index (χ1v) is 7.17. The van der Waals surface area contributed by atoms with Crippen LogP contribution < -0.4 is 14.8 Å². The van der Waals surface area contributed by atoms with E-state index in [1.54, 1.807) is 27.2 Å². The van der Waals surface area contributed by atoms with Gasteiger partial charge >= 0.3 is 5.97 Å². The number of hydrogen-bond acceptors (Lipinski definition) is 4. The van der Waals surface area contributed by atoms with Crippen LogP contribution in [0.2, 0.25) is 0 Å². The summed E-state index contributed by atoms with van der Waals surface area (Å²) in [4.78, 5) is 22.3. The number of carbonyl (C=O) groups excluding carboxylic acids is 1. The molecular weight excluding hydrogens is 286 g/mol. The van der Waals surface area contributed by atoms with E-state index in [4.69, 9.17) is 14.6 Å². The lowest BCUT2D eigenvalue weighted by Crippen LogP contribution is -2.33. The van der Waals surface area contributed by atoms with Gasteiger partial charge in [-0.15, -0.1) is 0 Å². The fourth-order valence-corrected chi connectivity index (χ4v) is 2.03. The Morgan fingerprint density at radius 1 is 1.14 bits per heavy atom. The molecule has 0 aliphatic rings. The fourth-order valence-electron chi connectivity index (χ4n) is 2.03. The normalized spacial score (nSPS) is 11.6. The highest BCUT2D eigenvalue weighted by Crippen LogP contribution is 2.23. The highest BCUT2D eigenvalue weighted by atomic mass is 16.5. The minimum Gasteiger partial charge on any atom is -0.497 e. The summed E-state index contributed by atoms with van der Waals surface area (Å²) < 4.78 is 10.4. The first-order chi connectivity index (χ1) is 10.4. The zero-order valence-corrected chi connectivity index (χ0v) is 13.2. The van der Waals surface area contributed by atoms with Crippen LogP contribution in [0.5, 0.6) is 11.5 Å². The summed E-state index contributed by atoms with van der Waals surface area (Å²) in [7, 11) is 3.16. The summed E-state index contributed by atoms with van der Waals surface area (Å²) >= 11 is 0. The van der Waals surface area contributed by atoms with Gasteiger partial charge in [0.2, 0.25) is 5.91 Å². The maximum atomic E-state index is 11.9. The number of aliphatic carboxylic acids is 1. The molecule has 122 valence electrons. The van der Waals surface area contributed by atoms with Crippen LogP contribution in [0.3, 0.4) is 0 Å². The van der Waals surface area contributed by atoms with E-state index in [1.165, 1.54) is 0 Å². The molecule has 1 aromatic rings. The number of nitrogens with one attached hydrogen (secondary N) is 1. The number of amides is 1. The molecule has 6 heteroatoms. The molecule has 1 rings (SSSR count). The maximum Gasteiger partial charge on any atom is 0.303 e. The number of aryl methyl sites for hydroxylation is 1. The van der Waals surface area contributed by atoms with Gasteiger partial charge in [0.1, 0.15) is 11.5 Å². The molecule has 0 heterocycles. The van der Waals surface area contributed by atoms with Gasteiger partial charge in [0, 0.05) is 24.9 Å². The van der Waals surface area contributed by atoms with Crippen molar-refractivity contribution in [3.63, 3.8) is 0 Å². The minimum absolute atomic E-state index is 0.0501. The fraction of sp³-hybridized carbons (Fsp3) is 0.500. The maximum absolute atomic E-state index is 11.9. The largest absolute Gasteiger partial charge is 0.497 e. The predicted octanol–water partition coefficient (Wildman–Crippen LogP) is 2.01. The van der Waals surface area contributed by atoms with Crippen molar-refractivity contribution in [1.29, 1.82) is 0 Å². The third kappa shape index (κ3) is 6.47. The number of benzene rings is 1. The molecule has 0 aromatic heterocycles. The van der Waals surface area contributed by atoms with Crippen molar-refractivity contribution in [3.05, 3.63) is 23.8 Å². The Balaban J connectivity index is 2.48. The summed E-state index contributed by atoms with van der Waals surface area (Å²) in [6.45, 7) is 1.80. The standard InChI is InChI=1S/C16H23NO5/c1-11(4-7-16(19)20)17-15(18)6-5-12-8-13(21-2)10-14(9-12)22-3/h8-11H,4-7H2,1-3H3,(H,17,18)(H,19,20). The van der Waals surface area contributed by atoms with Crippen molar-refractivity contribution in [1.82, 2.24) is 5.32 Å². The van der Waals surface area contributed by atoms with Gasteiger partial charge in [-0.05, 0) is 37.5 Å². The second-order valence-corrected chi connectivity index (χ2v) is 5.12. The highest BCUT2D eigenvalue weighted by molar-refractivity contribution is 5.76. The minimum atomic E-state index is -0.857. The molecule has 1 atom stereocenters. The van der Waals surface area contributed by atoms with Gasteiger partial charge < -0.3 is 19.9 Å². The molecule has 0 spiro atoms. The number of hydrogen-bond donors (Lipinski definition) is 2. The van der Waals surface area contributed by atoms with Crippen LogP contribution in [0.1, 0.15) is 31.7 Å². The van der Waals surface area contributed by atoms with E-state index < -0.39 is 5.97 Å². The Hall–Kier alpha value is -2.24. The molecule has 0 aliphatic heterocycles. The van der Waals surface area contributed by atoms with E-state index in [9.17, 15) is 9.59 Å². The van der Waals surface area contributed by atoms with Crippen molar-refractivity contribution in [2.75, 3.05) is 14.2 Å².